The zero-order valence-corrected chi connectivity index (χ0v) is 21.1. The first-order valence-electron chi connectivity index (χ1n) is 11.9. The lowest BCUT2D eigenvalue weighted by Gasteiger charge is -2.22. The molecule has 0 saturated carbocycles. The van der Waals surface area contributed by atoms with Crippen molar-refractivity contribution in [3.63, 3.8) is 0 Å². The molecule has 7 nitrogen and oxygen atoms in total. The molecule has 3 aromatic heterocycles. The van der Waals surface area contributed by atoms with Crippen LogP contribution >= 0.6 is 0 Å². The Morgan fingerprint density at radius 1 is 1.05 bits per heavy atom. The quantitative estimate of drug-likeness (QED) is 0.278. The van der Waals surface area contributed by atoms with Crippen molar-refractivity contribution in [2.45, 2.75) is 32.9 Å². The number of methoxy groups -OCH3 is 1. The van der Waals surface area contributed by atoms with Gasteiger partial charge in [0.05, 0.1) is 24.5 Å². The maximum Gasteiger partial charge on any atom is 0.341 e. The van der Waals surface area contributed by atoms with Crippen molar-refractivity contribution in [3.05, 3.63) is 89.9 Å². The number of nitrogens with one attached hydrogen (secondary N) is 1. The minimum absolute atomic E-state index is 0.244. The molecule has 0 spiro atoms. The number of carbonyl (C=O) groups excluding carboxylic acids is 1. The third-order valence-electron chi connectivity index (χ3n) is 5.82. The van der Waals surface area contributed by atoms with Crippen LogP contribution in [0.25, 0.3) is 27.7 Å². The molecule has 2 aromatic carbocycles. The van der Waals surface area contributed by atoms with Crippen LogP contribution in [-0.2, 0) is 11.3 Å². The van der Waals surface area contributed by atoms with E-state index in [0.29, 0.717) is 45.9 Å². The van der Waals surface area contributed by atoms with E-state index >= 15 is 0 Å². The van der Waals surface area contributed by atoms with E-state index in [-0.39, 0.29) is 16.9 Å². The summed E-state index contributed by atoms with van der Waals surface area (Å²) in [4.78, 5) is 17.3. The number of hydrogen-bond donors (Lipinski definition) is 1. The number of rotatable bonds is 6. The summed E-state index contributed by atoms with van der Waals surface area (Å²) < 4.78 is 27.1. The van der Waals surface area contributed by atoms with E-state index in [9.17, 15) is 9.18 Å². The molecule has 5 rings (SSSR count). The molecular weight excluding hydrogens is 471 g/mol. The summed E-state index contributed by atoms with van der Waals surface area (Å²) in [5.74, 6) is 0.210. The van der Waals surface area contributed by atoms with Crippen LogP contribution < -0.4 is 10.1 Å². The standard InChI is InChI=1S/C29H27FN4O3/c1-29(2,3)33-26-15-21(20-14-19(30)10-11-23(20)32-26)24-12-13-25(37-17-18-8-6-5-7-9-18)27-22(28(35)36-4)16-31-34(24)27/h5-16H,17H2,1-4H3,(H,32,33). The van der Waals surface area contributed by atoms with Gasteiger partial charge in [0.1, 0.15) is 35.1 Å². The van der Waals surface area contributed by atoms with E-state index in [0.717, 1.165) is 5.56 Å². The molecule has 0 atom stereocenters. The van der Waals surface area contributed by atoms with Gasteiger partial charge in [-0.2, -0.15) is 5.10 Å². The summed E-state index contributed by atoms with van der Waals surface area (Å²) in [6.45, 7) is 6.42. The van der Waals surface area contributed by atoms with Crippen LogP contribution in [0.15, 0.2) is 72.9 Å². The van der Waals surface area contributed by atoms with Crippen molar-refractivity contribution in [3.8, 4) is 17.0 Å². The number of aromatic nitrogens is 3. The lowest BCUT2D eigenvalue weighted by atomic mass is 10.0. The molecule has 0 aliphatic carbocycles. The second-order valence-electron chi connectivity index (χ2n) is 9.76. The van der Waals surface area contributed by atoms with Gasteiger partial charge in [-0.05, 0) is 62.7 Å². The molecule has 0 bridgehead atoms. The van der Waals surface area contributed by atoms with E-state index < -0.39 is 5.97 Å². The Morgan fingerprint density at radius 2 is 1.84 bits per heavy atom. The summed E-state index contributed by atoms with van der Waals surface area (Å²) in [5.41, 5.74) is 3.45. The first-order chi connectivity index (χ1) is 17.7. The smallest absolute Gasteiger partial charge is 0.341 e. The molecule has 0 amide bonds. The van der Waals surface area contributed by atoms with Crippen LogP contribution in [0.2, 0.25) is 0 Å². The average Bonchev–Trinajstić information content (AvgIpc) is 3.32. The van der Waals surface area contributed by atoms with E-state index in [1.165, 1.54) is 25.4 Å². The van der Waals surface area contributed by atoms with Crippen molar-refractivity contribution < 1.29 is 18.7 Å². The fraction of sp³-hybridized carbons (Fsp3) is 0.207. The van der Waals surface area contributed by atoms with Gasteiger partial charge in [0, 0.05) is 16.5 Å². The zero-order chi connectivity index (χ0) is 26.2. The van der Waals surface area contributed by atoms with Crippen molar-refractivity contribution in [2.75, 3.05) is 12.4 Å². The number of ether oxygens (including phenoxy) is 2. The molecule has 0 aliphatic rings. The first-order valence-corrected chi connectivity index (χ1v) is 11.9. The third kappa shape index (κ3) is 4.95. The Balaban J connectivity index is 1.71. The highest BCUT2D eigenvalue weighted by Gasteiger charge is 2.22. The highest BCUT2D eigenvalue weighted by Crippen LogP contribution is 2.35. The van der Waals surface area contributed by atoms with Gasteiger partial charge >= 0.3 is 5.97 Å². The topological polar surface area (TPSA) is 77.8 Å². The maximum absolute atomic E-state index is 14.4. The van der Waals surface area contributed by atoms with Crippen molar-refractivity contribution in [1.82, 2.24) is 14.6 Å². The van der Waals surface area contributed by atoms with Gasteiger partial charge in [-0.25, -0.2) is 18.7 Å². The second-order valence-corrected chi connectivity index (χ2v) is 9.76. The number of carbonyl (C=O) groups is 1. The van der Waals surface area contributed by atoms with Gasteiger partial charge < -0.3 is 14.8 Å². The Morgan fingerprint density at radius 3 is 2.57 bits per heavy atom. The molecule has 0 fully saturated rings. The Bertz CT molecular complexity index is 1610. The first kappa shape index (κ1) is 24.2. The molecule has 0 radical (unpaired) electrons. The van der Waals surface area contributed by atoms with E-state index in [1.54, 1.807) is 16.6 Å². The van der Waals surface area contributed by atoms with E-state index in [1.807, 2.05) is 63.2 Å². The van der Waals surface area contributed by atoms with Crippen molar-refractivity contribution in [2.24, 2.45) is 0 Å². The van der Waals surface area contributed by atoms with Crippen LogP contribution in [0, 0.1) is 5.82 Å². The summed E-state index contributed by atoms with van der Waals surface area (Å²) in [7, 11) is 1.32. The molecule has 1 N–H and O–H groups in total. The second kappa shape index (κ2) is 9.54. The number of pyridine rings is 2. The molecule has 0 aliphatic heterocycles. The summed E-state index contributed by atoms with van der Waals surface area (Å²) in [6, 6.07) is 19.7. The van der Waals surface area contributed by atoms with Gasteiger partial charge in [0.15, 0.2) is 0 Å². The number of halogens is 1. The van der Waals surface area contributed by atoms with Gasteiger partial charge in [-0.1, -0.05) is 30.3 Å². The minimum atomic E-state index is -0.530. The predicted molar refractivity (Wildman–Crippen MR) is 141 cm³/mol. The third-order valence-corrected chi connectivity index (χ3v) is 5.82. The monoisotopic (exact) mass is 498 g/mol. The summed E-state index contributed by atoms with van der Waals surface area (Å²) in [5, 5.41) is 8.53. The van der Waals surface area contributed by atoms with Gasteiger partial charge in [0.2, 0.25) is 0 Å². The highest BCUT2D eigenvalue weighted by molar-refractivity contribution is 6.00. The van der Waals surface area contributed by atoms with Crippen LogP contribution in [-0.4, -0.2) is 33.2 Å². The minimum Gasteiger partial charge on any atom is -0.487 e. The SMILES string of the molecule is COC(=O)c1cnn2c(-c3cc(NC(C)(C)C)nc4ccc(F)cc34)ccc(OCc3ccccc3)c12. The molecule has 3 heterocycles. The lowest BCUT2D eigenvalue weighted by Crippen LogP contribution is -2.26. The average molecular weight is 499 g/mol. The fourth-order valence-corrected chi connectivity index (χ4v) is 4.25. The van der Waals surface area contributed by atoms with Gasteiger partial charge in [-0.15, -0.1) is 0 Å². The lowest BCUT2D eigenvalue weighted by molar-refractivity contribution is 0.0602. The molecule has 8 heteroatoms. The number of fused-ring (bicyclic) bond motifs is 2. The van der Waals surface area contributed by atoms with Gasteiger partial charge in [-0.3, -0.25) is 0 Å². The zero-order valence-electron chi connectivity index (χ0n) is 21.1. The van der Waals surface area contributed by atoms with Crippen molar-refractivity contribution in [1.29, 1.82) is 0 Å². The van der Waals surface area contributed by atoms with Crippen LogP contribution in [0.4, 0.5) is 10.2 Å². The summed E-state index contributed by atoms with van der Waals surface area (Å²) >= 11 is 0. The number of benzene rings is 2. The molecular formula is C29H27FN4O3. The highest BCUT2D eigenvalue weighted by atomic mass is 19.1. The van der Waals surface area contributed by atoms with Crippen LogP contribution in [0.3, 0.4) is 0 Å². The largest absolute Gasteiger partial charge is 0.487 e. The van der Waals surface area contributed by atoms with E-state index in [4.69, 9.17) is 9.47 Å². The van der Waals surface area contributed by atoms with Gasteiger partial charge in [0.25, 0.3) is 0 Å². The molecule has 0 unspecified atom stereocenters. The maximum atomic E-state index is 14.4. The summed E-state index contributed by atoms with van der Waals surface area (Å²) in [6.07, 6.45) is 1.46. The Hall–Kier alpha value is -4.46. The molecule has 37 heavy (non-hydrogen) atoms. The fourth-order valence-electron chi connectivity index (χ4n) is 4.25. The van der Waals surface area contributed by atoms with Crippen LogP contribution in [0.1, 0.15) is 36.7 Å². The Kier molecular flexibility index (Phi) is 6.25. The Labute approximate surface area is 213 Å². The number of esters is 1. The molecule has 0 saturated heterocycles. The van der Waals surface area contributed by atoms with E-state index in [2.05, 4.69) is 15.4 Å². The number of hydrogen-bond acceptors (Lipinski definition) is 6. The molecule has 5 aromatic rings. The number of anilines is 1. The normalized spacial score (nSPS) is 11.6. The number of nitrogens with zero attached hydrogens (tertiary/aromatic N) is 3. The van der Waals surface area contributed by atoms with Crippen molar-refractivity contribution >= 4 is 28.2 Å². The predicted octanol–water partition coefficient (Wildman–Crippen LogP) is 6.26. The van der Waals surface area contributed by atoms with Crippen LogP contribution in [0.5, 0.6) is 5.75 Å². The molecule has 188 valence electrons.